The van der Waals surface area contributed by atoms with Gasteiger partial charge in [0.15, 0.2) is 0 Å². The fraction of sp³-hybridized carbons (Fsp3) is 0.111. The van der Waals surface area contributed by atoms with Gasteiger partial charge in [-0.05, 0) is 12.1 Å². The summed E-state index contributed by atoms with van der Waals surface area (Å²) in [6, 6.07) is 6.42. The second-order valence-corrected chi connectivity index (χ2v) is 2.79. The lowest BCUT2D eigenvalue weighted by molar-refractivity contribution is -0.0557. The smallest absolute Gasteiger partial charge is 0.389 e. The molecule has 0 amide bonds. The van der Waals surface area contributed by atoms with Gasteiger partial charge >= 0.3 is 12.6 Å². The number of nitrogens with zero attached hydrogens (tertiary/aromatic N) is 2. The molecule has 0 aliphatic carbocycles. The molecule has 0 unspecified atom stereocenters. The van der Waals surface area contributed by atoms with Gasteiger partial charge in [-0.25, -0.2) is 0 Å². The van der Waals surface area contributed by atoms with E-state index in [0.29, 0.717) is 10.9 Å². The lowest BCUT2D eigenvalue weighted by atomic mass is 10.2. The molecule has 1 heterocycles. The molecule has 1 aromatic carbocycles. The zero-order valence-electron chi connectivity index (χ0n) is 7.52. The Morgan fingerprint density at radius 2 is 1.93 bits per heavy atom. The highest BCUT2D eigenvalue weighted by Crippen LogP contribution is 2.20. The van der Waals surface area contributed by atoms with Gasteiger partial charge in [0.2, 0.25) is 0 Å². The van der Waals surface area contributed by atoms with Crippen LogP contribution in [0.1, 0.15) is 0 Å². The highest BCUT2D eigenvalue weighted by atomic mass is 19.3. The lowest BCUT2D eigenvalue weighted by Crippen LogP contribution is -2.07. The van der Waals surface area contributed by atoms with E-state index in [2.05, 4.69) is 14.7 Å². The summed E-state index contributed by atoms with van der Waals surface area (Å²) in [7, 11) is 0. The van der Waals surface area contributed by atoms with E-state index in [9.17, 15) is 8.78 Å². The maximum Gasteiger partial charge on any atom is 0.389 e. The first-order valence-corrected chi connectivity index (χ1v) is 4.14. The number of alkyl halides is 2. The summed E-state index contributed by atoms with van der Waals surface area (Å²) in [6.07, 6.45) is 0. The number of nitrogen functional groups attached to an aromatic ring is 1. The van der Waals surface area contributed by atoms with Gasteiger partial charge in [0.1, 0.15) is 5.82 Å². The minimum absolute atomic E-state index is 0.122. The Morgan fingerprint density at radius 3 is 2.67 bits per heavy atom. The van der Waals surface area contributed by atoms with Crippen LogP contribution < -0.4 is 10.5 Å². The molecule has 78 valence electrons. The van der Waals surface area contributed by atoms with Crippen molar-refractivity contribution in [3.8, 4) is 6.01 Å². The number of hydrogen-bond acceptors (Lipinski definition) is 4. The van der Waals surface area contributed by atoms with Crippen LogP contribution in [0.15, 0.2) is 24.3 Å². The van der Waals surface area contributed by atoms with Crippen molar-refractivity contribution in [2.45, 2.75) is 6.61 Å². The maximum atomic E-state index is 11.9. The third-order valence-electron chi connectivity index (χ3n) is 1.81. The average Bonchev–Trinajstić information content (AvgIpc) is 2.16. The zero-order chi connectivity index (χ0) is 10.8. The molecule has 1 aromatic heterocycles. The van der Waals surface area contributed by atoms with Gasteiger partial charge in [0.25, 0.3) is 0 Å². The number of benzene rings is 1. The summed E-state index contributed by atoms with van der Waals surface area (Å²) in [5.74, 6) is 0.122. The molecule has 2 aromatic rings. The first-order valence-electron chi connectivity index (χ1n) is 4.14. The first-order chi connectivity index (χ1) is 7.16. The molecule has 0 fully saturated rings. The average molecular weight is 211 g/mol. The lowest BCUT2D eigenvalue weighted by Gasteiger charge is -2.05. The molecule has 0 spiro atoms. The van der Waals surface area contributed by atoms with Crippen LogP contribution in [0.4, 0.5) is 14.6 Å². The van der Waals surface area contributed by atoms with Crippen molar-refractivity contribution in [1.29, 1.82) is 0 Å². The molecule has 0 aliphatic heterocycles. The highest BCUT2D eigenvalue weighted by molar-refractivity contribution is 5.87. The number of para-hydroxylation sites is 1. The van der Waals surface area contributed by atoms with Crippen molar-refractivity contribution in [2.75, 3.05) is 5.73 Å². The summed E-state index contributed by atoms with van der Waals surface area (Å²) in [5.41, 5.74) is 6.03. The summed E-state index contributed by atoms with van der Waals surface area (Å²) in [5, 5.41) is 0.610. The number of rotatable bonds is 2. The SMILES string of the molecule is Nc1nc(OC(F)F)nc2ccccc12. The van der Waals surface area contributed by atoms with Crippen molar-refractivity contribution in [2.24, 2.45) is 0 Å². The molecule has 0 atom stereocenters. The van der Waals surface area contributed by atoms with E-state index in [1.807, 2.05) is 0 Å². The molecule has 0 aliphatic rings. The van der Waals surface area contributed by atoms with Gasteiger partial charge in [-0.15, -0.1) is 0 Å². The number of fused-ring (bicyclic) bond motifs is 1. The van der Waals surface area contributed by atoms with Crippen molar-refractivity contribution < 1.29 is 13.5 Å². The largest absolute Gasteiger partial charge is 0.401 e. The van der Waals surface area contributed by atoms with E-state index in [1.165, 1.54) is 0 Å². The third kappa shape index (κ3) is 1.93. The van der Waals surface area contributed by atoms with Crippen LogP contribution in [0, 0.1) is 0 Å². The number of halogens is 2. The van der Waals surface area contributed by atoms with Crippen molar-refractivity contribution >= 4 is 16.7 Å². The number of aromatic nitrogens is 2. The van der Waals surface area contributed by atoms with E-state index in [0.717, 1.165) is 0 Å². The molecule has 0 saturated carbocycles. The Hall–Kier alpha value is -1.98. The van der Waals surface area contributed by atoms with Gasteiger partial charge in [0, 0.05) is 5.39 Å². The van der Waals surface area contributed by atoms with Crippen LogP contribution in [-0.4, -0.2) is 16.6 Å². The summed E-state index contributed by atoms with van der Waals surface area (Å²) in [6.45, 7) is -2.95. The Bertz CT molecular complexity index is 490. The third-order valence-corrected chi connectivity index (χ3v) is 1.81. The van der Waals surface area contributed by atoms with E-state index in [-0.39, 0.29) is 5.82 Å². The molecule has 4 nitrogen and oxygen atoms in total. The van der Waals surface area contributed by atoms with Crippen LogP contribution in [0.3, 0.4) is 0 Å². The number of ether oxygens (including phenoxy) is 1. The van der Waals surface area contributed by atoms with Gasteiger partial charge in [-0.3, -0.25) is 0 Å². The van der Waals surface area contributed by atoms with Crippen molar-refractivity contribution in [1.82, 2.24) is 9.97 Å². The zero-order valence-corrected chi connectivity index (χ0v) is 7.52. The van der Waals surface area contributed by atoms with Crippen LogP contribution >= 0.6 is 0 Å². The van der Waals surface area contributed by atoms with E-state index in [4.69, 9.17) is 5.73 Å². The predicted molar refractivity (Wildman–Crippen MR) is 50.6 cm³/mol. The van der Waals surface area contributed by atoms with Crippen LogP contribution in [-0.2, 0) is 0 Å². The van der Waals surface area contributed by atoms with Crippen LogP contribution in [0.25, 0.3) is 10.9 Å². The summed E-state index contributed by atoms with van der Waals surface area (Å²) >= 11 is 0. The Morgan fingerprint density at radius 1 is 1.20 bits per heavy atom. The maximum absolute atomic E-state index is 11.9. The Labute approximate surface area is 83.7 Å². The van der Waals surface area contributed by atoms with Gasteiger partial charge in [-0.2, -0.15) is 18.7 Å². The fourth-order valence-electron chi connectivity index (χ4n) is 1.21. The molecular weight excluding hydrogens is 204 g/mol. The highest BCUT2D eigenvalue weighted by Gasteiger charge is 2.09. The second-order valence-electron chi connectivity index (χ2n) is 2.79. The normalized spacial score (nSPS) is 10.9. The molecule has 15 heavy (non-hydrogen) atoms. The quantitative estimate of drug-likeness (QED) is 0.822. The first kappa shape index (κ1) is 9.57. The molecular formula is C9H7F2N3O. The molecule has 2 N–H and O–H groups in total. The summed E-state index contributed by atoms with van der Waals surface area (Å²) < 4.78 is 27.9. The van der Waals surface area contributed by atoms with Crippen LogP contribution in [0.5, 0.6) is 6.01 Å². The predicted octanol–water partition coefficient (Wildman–Crippen LogP) is 1.81. The molecule has 0 saturated heterocycles. The Kier molecular flexibility index (Phi) is 2.32. The molecule has 2 rings (SSSR count). The van der Waals surface area contributed by atoms with Gasteiger partial charge in [0.05, 0.1) is 5.52 Å². The van der Waals surface area contributed by atoms with Crippen LogP contribution in [0.2, 0.25) is 0 Å². The van der Waals surface area contributed by atoms with E-state index < -0.39 is 12.6 Å². The fourth-order valence-corrected chi connectivity index (χ4v) is 1.21. The summed E-state index contributed by atoms with van der Waals surface area (Å²) in [4.78, 5) is 7.39. The van der Waals surface area contributed by atoms with Crippen molar-refractivity contribution in [3.63, 3.8) is 0 Å². The molecule has 6 heteroatoms. The molecule has 0 radical (unpaired) electrons. The van der Waals surface area contributed by atoms with E-state index in [1.54, 1.807) is 24.3 Å². The van der Waals surface area contributed by atoms with Gasteiger partial charge < -0.3 is 10.5 Å². The number of anilines is 1. The Balaban J connectivity index is 2.52. The molecule has 0 bridgehead atoms. The van der Waals surface area contributed by atoms with Gasteiger partial charge in [-0.1, -0.05) is 12.1 Å². The number of nitrogens with two attached hydrogens (primary N) is 1. The standard InChI is InChI=1S/C9H7F2N3O/c10-8(11)15-9-13-6-4-2-1-3-5(6)7(12)14-9/h1-4,8H,(H2,12,13,14). The van der Waals surface area contributed by atoms with Crippen molar-refractivity contribution in [3.05, 3.63) is 24.3 Å². The van der Waals surface area contributed by atoms with E-state index >= 15 is 0 Å². The number of hydrogen-bond donors (Lipinski definition) is 1. The topological polar surface area (TPSA) is 61.0 Å². The second kappa shape index (κ2) is 3.64. The monoisotopic (exact) mass is 211 g/mol. The minimum atomic E-state index is -2.95. The minimum Gasteiger partial charge on any atom is -0.401 e.